The smallest absolute Gasteiger partial charge is 0.143 e. The second-order valence-corrected chi connectivity index (χ2v) is 6.93. The summed E-state index contributed by atoms with van der Waals surface area (Å²) in [5, 5.41) is 0. The van der Waals surface area contributed by atoms with Gasteiger partial charge in [0.25, 0.3) is 0 Å². The van der Waals surface area contributed by atoms with Crippen molar-refractivity contribution in [1.82, 2.24) is 0 Å². The average Bonchev–Trinajstić information content (AvgIpc) is 2.95. The number of carbonyl (C=O) groups is 1. The number of ketones is 1. The first kappa shape index (κ1) is 14.5. The lowest BCUT2D eigenvalue weighted by Crippen LogP contribution is -2.49. The van der Waals surface area contributed by atoms with E-state index in [1.54, 1.807) is 0 Å². The monoisotopic (exact) mass is 281 g/mol. The van der Waals surface area contributed by atoms with Gasteiger partial charge in [0.1, 0.15) is 5.78 Å². The van der Waals surface area contributed by atoms with Crippen molar-refractivity contribution in [3.8, 4) is 0 Å². The molecule has 0 aromatic heterocycles. The SMILES string of the molecule is NCC1(C(=O)C2CCOC3(CCOC3)C2)CCCCC1. The molecule has 0 amide bonds. The fourth-order valence-corrected chi connectivity index (χ4v) is 4.33. The molecular formula is C16H27NO3. The number of carbonyl (C=O) groups excluding carboxylic acids is 1. The van der Waals surface area contributed by atoms with Crippen LogP contribution in [0.25, 0.3) is 0 Å². The predicted molar refractivity (Wildman–Crippen MR) is 76.4 cm³/mol. The lowest BCUT2D eigenvalue weighted by Gasteiger charge is -2.42. The Balaban J connectivity index is 1.72. The van der Waals surface area contributed by atoms with Crippen molar-refractivity contribution in [2.24, 2.45) is 17.1 Å². The molecule has 1 spiro atoms. The molecule has 3 fully saturated rings. The summed E-state index contributed by atoms with van der Waals surface area (Å²) in [6.45, 7) is 2.64. The van der Waals surface area contributed by atoms with E-state index in [1.807, 2.05) is 0 Å². The summed E-state index contributed by atoms with van der Waals surface area (Å²) in [6.07, 6.45) is 8.18. The van der Waals surface area contributed by atoms with Gasteiger partial charge in [-0.05, 0) is 25.7 Å². The van der Waals surface area contributed by atoms with Gasteiger partial charge in [0, 0.05) is 37.5 Å². The maximum atomic E-state index is 13.1. The van der Waals surface area contributed by atoms with E-state index < -0.39 is 0 Å². The number of ether oxygens (including phenoxy) is 2. The van der Waals surface area contributed by atoms with E-state index in [0.29, 0.717) is 25.5 Å². The molecule has 3 aliphatic rings. The minimum Gasteiger partial charge on any atom is -0.378 e. The van der Waals surface area contributed by atoms with Gasteiger partial charge in [0.05, 0.1) is 12.2 Å². The summed E-state index contributed by atoms with van der Waals surface area (Å²) in [5.74, 6) is 0.557. The van der Waals surface area contributed by atoms with Crippen LogP contribution in [-0.2, 0) is 14.3 Å². The van der Waals surface area contributed by atoms with Gasteiger partial charge in [-0.1, -0.05) is 19.3 Å². The van der Waals surface area contributed by atoms with Gasteiger partial charge in [0.15, 0.2) is 0 Å². The summed E-state index contributed by atoms with van der Waals surface area (Å²) < 4.78 is 11.5. The largest absolute Gasteiger partial charge is 0.378 e. The van der Waals surface area contributed by atoms with Crippen LogP contribution in [0.3, 0.4) is 0 Å². The Labute approximate surface area is 121 Å². The van der Waals surface area contributed by atoms with Crippen LogP contribution in [0.4, 0.5) is 0 Å². The van der Waals surface area contributed by atoms with E-state index in [2.05, 4.69) is 0 Å². The molecule has 2 unspecified atom stereocenters. The molecule has 1 aliphatic carbocycles. The zero-order valence-electron chi connectivity index (χ0n) is 12.4. The third kappa shape index (κ3) is 2.53. The first-order chi connectivity index (χ1) is 9.70. The number of rotatable bonds is 3. The standard InChI is InChI=1S/C16H27NO3/c17-11-15(5-2-1-3-6-15)14(18)13-4-8-20-16(10-13)7-9-19-12-16/h13H,1-12,17H2. The van der Waals surface area contributed by atoms with Gasteiger partial charge in [-0.3, -0.25) is 4.79 Å². The molecule has 0 bridgehead atoms. The molecule has 20 heavy (non-hydrogen) atoms. The van der Waals surface area contributed by atoms with Crippen molar-refractivity contribution in [3.05, 3.63) is 0 Å². The van der Waals surface area contributed by atoms with Gasteiger partial charge in [-0.2, -0.15) is 0 Å². The lowest BCUT2D eigenvalue weighted by atomic mass is 9.65. The second-order valence-electron chi connectivity index (χ2n) is 6.93. The van der Waals surface area contributed by atoms with Crippen molar-refractivity contribution >= 4 is 5.78 Å². The third-order valence-corrected chi connectivity index (χ3v) is 5.65. The highest BCUT2D eigenvalue weighted by atomic mass is 16.6. The Morgan fingerprint density at radius 1 is 1.15 bits per heavy atom. The Morgan fingerprint density at radius 2 is 1.95 bits per heavy atom. The van der Waals surface area contributed by atoms with Crippen LogP contribution in [0.2, 0.25) is 0 Å². The fraction of sp³-hybridized carbons (Fsp3) is 0.938. The van der Waals surface area contributed by atoms with Crippen LogP contribution in [-0.4, -0.2) is 37.7 Å². The minimum atomic E-state index is -0.235. The molecule has 4 nitrogen and oxygen atoms in total. The predicted octanol–water partition coefficient (Wildman–Crippen LogP) is 2.05. The van der Waals surface area contributed by atoms with Gasteiger partial charge in [0.2, 0.25) is 0 Å². The molecule has 1 saturated carbocycles. The molecule has 3 rings (SSSR count). The second kappa shape index (κ2) is 5.74. The molecule has 0 aromatic carbocycles. The first-order valence-electron chi connectivity index (χ1n) is 8.16. The van der Waals surface area contributed by atoms with E-state index in [1.165, 1.54) is 6.42 Å². The van der Waals surface area contributed by atoms with Crippen LogP contribution >= 0.6 is 0 Å². The molecule has 0 aromatic rings. The molecule has 2 atom stereocenters. The van der Waals surface area contributed by atoms with Crippen LogP contribution in [0.1, 0.15) is 51.4 Å². The van der Waals surface area contributed by atoms with Crippen molar-refractivity contribution in [2.45, 2.75) is 57.0 Å². The van der Waals surface area contributed by atoms with Crippen LogP contribution in [0.15, 0.2) is 0 Å². The molecular weight excluding hydrogens is 254 g/mol. The highest BCUT2D eigenvalue weighted by molar-refractivity contribution is 5.87. The first-order valence-corrected chi connectivity index (χ1v) is 8.16. The van der Waals surface area contributed by atoms with Crippen molar-refractivity contribution < 1.29 is 14.3 Å². The van der Waals surface area contributed by atoms with Gasteiger partial charge < -0.3 is 15.2 Å². The average molecular weight is 281 g/mol. The van der Waals surface area contributed by atoms with E-state index in [0.717, 1.165) is 51.6 Å². The minimum absolute atomic E-state index is 0.132. The maximum absolute atomic E-state index is 13.1. The van der Waals surface area contributed by atoms with E-state index in [-0.39, 0.29) is 16.9 Å². The highest BCUT2D eigenvalue weighted by Gasteiger charge is 2.47. The molecule has 0 radical (unpaired) electrons. The summed E-state index contributed by atoms with van der Waals surface area (Å²) in [4.78, 5) is 13.1. The summed E-state index contributed by atoms with van der Waals surface area (Å²) in [5.41, 5.74) is 5.60. The fourth-order valence-electron chi connectivity index (χ4n) is 4.33. The molecule has 114 valence electrons. The molecule has 4 heteroatoms. The van der Waals surface area contributed by atoms with Crippen LogP contribution in [0, 0.1) is 11.3 Å². The van der Waals surface area contributed by atoms with Crippen LogP contribution in [0.5, 0.6) is 0 Å². The van der Waals surface area contributed by atoms with E-state index in [4.69, 9.17) is 15.2 Å². The van der Waals surface area contributed by atoms with E-state index in [9.17, 15) is 4.79 Å². The van der Waals surface area contributed by atoms with Gasteiger partial charge in [-0.25, -0.2) is 0 Å². The van der Waals surface area contributed by atoms with Crippen molar-refractivity contribution in [3.63, 3.8) is 0 Å². The number of hydrogen-bond acceptors (Lipinski definition) is 4. The Hall–Kier alpha value is -0.450. The number of Topliss-reactive ketones (excluding diaryl/α,β-unsaturated/α-hetero) is 1. The molecule has 2 saturated heterocycles. The lowest BCUT2D eigenvalue weighted by molar-refractivity contribution is -0.147. The summed E-state index contributed by atoms with van der Waals surface area (Å²) in [7, 11) is 0. The maximum Gasteiger partial charge on any atom is 0.143 e. The van der Waals surface area contributed by atoms with Crippen molar-refractivity contribution in [1.29, 1.82) is 0 Å². The third-order valence-electron chi connectivity index (χ3n) is 5.65. The Bertz CT molecular complexity index is 357. The topological polar surface area (TPSA) is 61.6 Å². The van der Waals surface area contributed by atoms with Crippen LogP contribution < -0.4 is 5.73 Å². The summed E-state index contributed by atoms with van der Waals surface area (Å²) in [6, 6.07) is 0. The van der Waals surface area contributed by atoms with Gasteiger partial charge in [-0.15, -0.1) is 0 Å². The van der Waals surface area contributed by atoms with E-state index >= 15 is 0 Å². The quantitative estimate of drug-likeness (QED) is 0.860. The number of hydrogen-bond donors (Lipinski definition) is 1. The van der Waals surface area contributed by atoms with Gasteiger partial charge >= 0.3 is 0 Å². The summed E-state index contributed by atoms with van der Waals surface area (Å²) >= 11 is 0. The normalized spacial score (nSPS) is 37.1. The zero-order chi connectivity index (χ0) is 14.1. The Kier molecular flexibility index (Phi) is 4.16. The Morgan fingerprint density at radius 3 is 2.60 bits per heavy atom. The molecule has 2 aliphatic heterocycles. The molecule has 2 N–H and O–H groups in total. The number of nitrogens with two attached hydrogens (primary N) is 1. The van der Waals surface area contributed by atoms with Crippen molar-refractivity contribution in [2.75, 3.05) is 26.4 Å². The zero-order valence-corrected chi connectivity index (χ0v) is 12.4. The molecule has 2 heterocycles. The highest BCUT2D eigenvalue weighted by Crippen LogP contribution is 2.43.